The maximum atomic E-state index is 11.9. The Morgan fingerprint density at radius 3 is 2.49 bits per heavy atom. The fraction of sp³-hybridized carbons (Fsp3) is 0.923. The summed E-state index contributed by atoms with van der Waals surface area (Å²) in [6.45, 7) is 1.16. The second kappa shape index (κ2) is 14.6. The van der Waals surface area contributed by atoms with Crippen molar-refractivity contribution in [1.82, 2.24) is 5.32 Å². The van der Waals surface area contributed by atoms with Gasteiger partial charge >= 0.3 is 29.6 Å². The molecule has 0 aliphatic carbocycles. The third-order valence-corrected chi connectivity index (χ3v) is 7.70. The van der Waals surface area contributed by atoms with E-state index in [2.05, 4.69) is 28.5 Å². The fourth-order valence-corrected chi connectivity index (χ4v) is 5.69. The molecule has 1 aliphatic rings. The molecule has 4 unspecified atom stereocenters. The third-order valence-electron chi connectivity index (χ3n) is 3.90. The lowest BCUT2D eigenvalue weighted by atomic mass is 10.1. The van der Waals surface area contributed by atoms with Crippen molar-refractivity contribution in [3.63, 3.8) is 0 Å². The molecular weight excluding hydrogens is 545 g/mol. The highest BCUT2D eigenvalue weighted by Crippen LogP contribution is 2.66. The molecule has 1 aliphatic heterocycles. The van der Waals surface area contributed by atoms with Crippen molar-refractivity contribution in [1.29, 1.82) is 0 Å². The van der Waals surface area contributed by atoms with Crippen molar-refractivity contribution in [3.05, 3.63) is 10.4 Å². The standard InChI is InChI=1S/C13H27N4O15P3/c1-9-7-10(30-12(16-17-14)3-4-15-13(18)27-6-5-26-2)11(29-9)8-28-34(22,23)32-35(24,25)31-33(19,20)21/h9-12H,3-8H2,1-2H3,(H,15,18)(H,22,23)(H,24,25)(H2,19,20,21)/t9-,10?,11+,12?/m0/s1. The number of hydrogen-bond donors (Lipinski definition) is 5. The van der Waals surface area contributed by atoms with Crippen molar-refractivity contribution in [3.8, 4) is 0 Å². The van der Waals surface area contributed by atoms with Crippen molar-refractivity contribution in [2.24, 2.45) is 5.11 Å². The second-order valence-corrected chi connectivity index (χ2v) is 11.2. The molecule has 19 nitrogen and oxygen atoms in total. The van der Waals surface area contributed by atoms with Crippen LogP contribution in [0.5, 0.6) is 0 Å². The van der Waals surface area contributed by atoms with Gasteiger partial charge in [-0.2, -0.15) is 8.62 Å². The summed E-state index contributed by atoms with van der Waals surface area (Å²) in [5.41, 5.74) is 8.77. The van der Waals surface area contributed by atoms with Gasteiger partial charge in [-0.15, -0.1) is 0 Å². The van der Waals surface area contributed by atoms with E-state index in [1.807, 2.05) is 0 Å². The Morgan fingerprint density at radius 2 is 1.89 bits per heavy atom. The number of ether oxygens (including phenoxy) is 4. The van der Waals surface area contributed by atoms with E-state index in [1.54, 1.807) is 6.92 Å². The molecule has 0 aromatic rings. The second-order valence-electron chi connectivity index (χ2n) is 6.79. The van der Waals surface area contributed by atoms with Crippen LogP contribution in [0.2, 0.25) is 0 Å². The summed E-state index contributed by atoms with van der Waals surface area (Å²) in [6, 6.07) is 0. The highest BCUT2D eigenvalue weighted by molar-refractivity contribution is 7.66. The normalized spacial score (nSPS) is 24.6. The quantitative estimate of drug-likeness (QED) is 0.0573. The SMILES string of the molecule is COCCOC(=O)NCCC(N=[N+]=[N-])OC1C[C@H](C)O[C@@H]1COP(=O)(O)OP(=O)(O)OP(=O)(O)O. The van der Waals surface area contributed by atoms with E-state index in [0.29, 0.717) is 0 Å². The number of alkyl carbamates (subject to hydrolysis) is 1. The summed E-state index contributed by atoms with van der Waals surface area (Å²) in [5, 5.41) is 5.89. The Labute approximate surface area is 199 Å². The predicted octanol–water partition coefficient (Wildman–Crippen LogP) is 1.29. The third kappa shape index (κ3) is 14.3. The number of nitrogens with one attached hydrogen (secondary N) is 1. The number of carbonyl (C=O) groups is 1. The molecule has 0 radical (unpaired) electrons. The Kier molecular flexibility index (Phi) is 13.3. The van der Waals surface area contributed by atoms with Crippen molar-refractivity contribution >= 4 is 29.6 Å². The zero-order chi connectivity index (χ0) is 26.7. The van der Waals surface area contributed by atoms with Crippen LogP contribution in [-0.2, 0) is 45.8 Å². The van der Waals surface area contributed by atoms with Crippen LogP contribution in [0.15, 0.2) is 5.11 Å². The van der Waals surface area contributed by atoms with Crippen molar-refractivity contribution < 1.29 is 70.2 Å². The first-order chi connectivity index (χ1) is 16.2. The number of carbonyl (C=O) groups excluding carboxylic acids is 1. The van der Waals surface area contributed by atoms with Gasteiger partial charge in [-0.05, 0) is 18.9 Å². The van der Waals surface area contributed by atoms with Crippen LogP contribution >= 0.6 is 23.5 Å². The van der Waals surface area contributed by atoms with Crippen molar-refractivity contribution in [2.75, 3.05) is 33.5 Å². The molecule has 1 saturated heterocycles. The van der Waals surface area contributed by atoms with Crippen LogP contribution in [-0.4, -0.2) is 83.7 Å². The summed E-state index contributed by atoms with van der Waals surface area (Å²) < 4.78 is 66.5. The molecule has 5 N–H and O–H groups in total. The summed E-state index contributed by atoms with van der Waals surface area (Å²) in [5.74, 6) is 0. The van der Waals surface area contributed by atoms with Gasteiger partial charge in [0.15, 0.2) is 0 Å². The minimum Gasteiger partial charge on any atom is -0.447 e. The van der Waals surface area contributed by atoms with Gasteiger partial charge in [-0.3, -0.25) is 4.52 Å². The van der Waals surface area contributed by atoms with Crippen LogP contribution in [0, 0.1) is 0 Å². The van der Waals surface area contributed by atoms with E-state index < -0.39 is 60.7 Å². The zero-order valence-electron chi connectivity index (χ0n) is 18.5. The fourth-order valence-electron chi connectivity index (χ4n) is 2.66. The highest BCUT2D eigenvalue weighted by Gasteiger charge is 2.43. The molecule has 6 atom stereocenters. The van der Waals surface area contributed by atoms with E-state index in [0.717, 1.165) is 0 Å². The maximum absolute atomic E-state index is 11.9. The van der Waals surface area contributed by atoms with Gasteiger partial charge in [-0.1, -0.05) is 5.11 Å². The van der Waals surface area contributed by atoms with E-state index in [-0.39, 0.29) is 32.6 Å². The Bertz CT molecular complexity index is 880. The summed E-state index contributed by atoms with van der Waals surface area (Å²) in [6.07, 6.45) is -3.89. The van der Waals surface area contributed by atoms with Crippen LogP contribution in [0.1, 0.15) is 19.8 Å². The number of amides is 1. The number of nitrogens with zero attached hydrogens (tertiary/aromatic N) is 3. The molecule has 1 heterocycles. The molecule has 204 valence electrons. The van der Waals surface area contributed by atoms with Gasteiger partial charge in [0.05, 0.1) is 25.4 Å². The predicted molar refractivity (Wildman–Crippen MR) is 112 cm³/mol. The average Bonchev–Trinajstić information content (AvgIpc) is 3.03. The van der Waals surface area contributed by atoms with E-state index in [4.69, 9.17) is 34.3 Å². The molecule has 0 spiro atoms. The summed E-state index contributed by atoms with van der Waals surface area (Å²) in [4.78, 5) is 50.1. The molecule has 22 heteroatoms. The van der Waals surface area contributed by atoms with E-state index in [1.165, 1.54) is 7.11 Å². The first kappa shape index (κ1) is 31.9. The lowest BCUT2D eigenvalue weighted by Gasteiger charge is -2.23. The van der Waals surface area contributed by atoms with Gasteiger partial charge in [0.1, 0.15) is 18.9 Å². The first-order valence-electron chi connectivity index (χ1n) is 9.69. The van der Waals surface area contributed by atoms with Crippen LogP contribution in [0.3, 0.4) is 0 Å². The van der Waals surface area contributed by atoms with Crippen LogP contribution < -0.4 is 5.32 Å². The van der Waals surface area contributed by atoms with Gasteiger partial charge in [0.25, 0.3) is 0 Å². The molecule has 35 heavy (non-hydrogen) atoms. The zero-order valence-corrected chi connectivity index (χ0v) is 21.2. The molecular formula is C13H27N4O15P3. The van der Waals surface area contributed by atoms with Crippen LogP contribution in [0.25, 0.3) is 10.4 Å². The monoisotopic (exact) mass is 572 g/mol. The summed E-state index contributed by atoms with van der Waals surface area (Å²) in [7, 11) is -15.1. The molecule has 1 amide bonds. The molecule has 1 fully saturated rings. The minimum atomic E-state index is -5.67. The van der Waals surface area contributed by atoms with Gasteiger partial charge < -0.3 is 43.8 Å². The number of rotatable bonds is 16. The number of azide groups is 1. The Morgan fingerprint density at radius 1 is 1.20 bits per heavy atom. The van der Waals surface area contributed by atoms with Crippen LogP contribution in [0.4, 0.5) is 4.79 Å². The van der Waals surface area contributed by atoms with E-state index in [9.17, 15) is 28.3 Å². The number of methoxy groups -OCH3 is 1. The average molecular weight is 572 g/mol. The molecule has 0 bridgehead atoms. The Hall–Kier alpha value is -1.13. The first-order valence-corrected chi connectivity index (χ1v) is 14.2. The number of hydrogen-bond acceptors (Lipinski definition) is 12. The molecule has 0 aromatic carbocycles. The lowest BCUT2D eigenvalue weighted by molar-refractivity contribution is -0.0707. The summed E-state index contributed by atoms with van der Waals surface area (Å²) >= 11 is 0. The lowest BCUT2D eigenvalue weighted by Crippen LogP contribution is -2.34. The largest absolute Gasteiger partial charge is 0.490 e. The van der Waals surface area contributed by atoms with E-state index >= 15 is 0 Å². The minimum absolute atomic E-state index is 0.00480. The maximum Gasteiger partial charge on any atom is 0.490 e. The smallest absolute Gasteiger partial charge is 0.447 e. The molecule has 0 saturated carbocycles. The number of phosphoric ester groups is 1. The Balaban J connectivity index is 2.64. The molecule has 1 rings (SSSR count). The molecule has 0 aromatic heterocycles. The topological polar surface area (TPSA) is 275 Å². The highest BCUT2D eigenvalue weighted by atomic mass is 31.3. The van der Waals surface area contributed by atoms with Crippen molar-refractivity contribution in [2.45, 2.75) is 44.3 Å². The van der Waals surface area contributed by atoms with Gasteiger partial charge in [0, 0.05) is 25.0 Å². The van der Waals surface area contributed by atoms with Gasteiger partial charge in [0.2, 0.25) is 0 Å². The number of phosphoric acid groups is 3. The van der Waals surface area contributed by atoms with Gasteiger partial charge in [-0.25, -0.2) is 18.5 Å².